The molecule has 2 N–H and O–H groups in total. The molecule has 0 unspecified atom stereocenters. The average molecular weight is 291 g/mol. The zero-order valence-corrected chi connectivity index (χ0v) is 12.7. The average Bonchev–Trinajstić information content (AvgIpc) is 2.38. The fraction of sp³-hybridized carbons (Fsp3) is 0.917. The van der Waals surface area contributed by atoms with Gasteiger partial charge in [-0.2, -0.15) is 4.31 Å². The Morgan fingerprint density at radius 2 is 1.74 bits per heavy atom. The van der Waals surface area contributed by atoms with Crippen molar-refractivity contribution in [1.82, 2.24) is 9.21 Å². The number of hydrogen-bond acceptors (Lipinski definition) is 4. The third-order valence-corrected chi connectivity index (χ3v) is 5.40. The largest absolute Gasteiger partial charge is 0.339 e. The van der Waals surface area contributed by atoms with Crippen LogP contribution >= 0.6 is 0 Å². The molecule has 1 rings (SSSR count). The van der Waals surface area contributed by atoms with Crippen LogP contribution in [-0.2, 0) is 14.8 Å². The van der Waals surface area contributed by atoms with Gasteiger partial charge in [-0.1, -0.05) is 20.3 Å². The maximum Gasteiger partial charge on any atom is 0.239 e. The predicted octanol–water partition coefficient (Wildman–Crippen LogP) is -0.00220. The Balaban J connectivity index is 2.51. The lowest BCUT2D eigenvalue weighted by Gasteiger charge is -2.35. The summed E-state index contributed by atoms with van der Waals surface area (Å²) in [5.74, 6) is 0.116. The summed E-state index contributed by atoms with van der Waals surface area (Å²) in [6.45, 7) is 5.49. The van der Waals surface area contributed by atoms with Crippen LogP contribution in [0.5, 0.6) is 0 Å². The second kappa shape index (κ2) is 7.21. The summed E-state index contributed by atoms with van der Waals surface area (Å²) in [7, 11) is -3.15. The minimum atomic E-state index is -3.15. The molecule has 1 aliphatic heterocycles. The quantitative estimate of drug-likeness (QED) is 0.746. The maximum atomic E-state index is 12.0. The molecule has 112 valence electrons. The highest BCUT2D eigenvalue weighted by atomic mass is 32.2. The molecule has 0 aliphatic carbocycles. The standard InChI is InChI=1S/C12H25N3O3S/c1-3-5-11(13)12(16)14-6-8-15(9-7-14)19(17,18)10-4-2/h11H,3-10,13H2,1-2H3/t11-/m1/s1. The molecule has 1 aliphatic rings. The minimum Gasteiger partial charge on any atom is -0.339 e. The Labute approximate surface area is 116 Å². The minimum absolute atomic E-state index is 0.0608. The molecule has 0 aromatic heterocycles. The number of amides is 1. The number of hydrogen-bond donors (Lipinski definition) is 1. The summed E-state index contributed by atoms with van der Waals surface area (Å²) >= 11 is 0. The second-order valence-corrected chi connectivity index (χ2v) is 7.02. The zero-order chi connectivity index (χ0) is 14.5. The molecule has 0 aromatic rings. The van der Waals surface area contributed by atoms with Crippen LogP contribution in [-0.4, -0.2) is 61.5 Å². The summed E-state index contributed by atoms with van der Waals surface area (Å²) in [4.78, 5) is 13.7. The third-order valence-electron chi connectivity index (χ3n) is 3.32. The first-order valence-corrected chi connectivity index (χ1v) is 8.55. The van der Waals surface area contributed by atoms with Crippen molar-refractivity contribution < 1.29 is 13.2 Å². The number of sulfonamides is 1. The molecule has 0 radical (unpaired) electrons. The van der Waals surface area contributed by atoms with E-state index < -0.39 is 16.1 Å². The zero-order valence-electron chi connectivity index (χ0n) is 11.8. The first-order valence-electron chi connectivity index (χ1n) is 6.94. The van der Waals surface area contributed by atoms with E-state index in [4.69, 9.17) is 5.73 Å². The number of nitrogens with two attached hydrogens (primary N) is 1. The third kappa shape index (κ3) is 4.43. The lowest BCUT2D eigenvalue weighted by molar-refractivity contribution is -0.133. The Kier molecular flexibility index (Phi) is 6.22. The summed E-state index contributed by atoms with van der Waals surface area (Å²) in [5.41, 5.74) is 5.80. The highest BCUT2D eigenvalue weighted by molar-refractivity contribution is 7.89. The molecule has 19 heavy (non-hydrogen) atoms. The molecular weight excluding hydrogens is 266 g/mol. The van der Waals surface area contributed by atoms with E-state index in [-0.39, 0.29) is 11.7 Å². The monoisotopic (exact) mass is 291 g/mol. The van der Waals surface area contributed by atoms with Crippen LogP contribution < -0.4 is 5.73 Å². The number of rotatable bonds is 6. The van der Waals surface area contributed by atoms with Crippen molar-refractivity contribution in [3.63, 3.8) is 0 Å². The van der Waals surface area contributed by atoms with E-state index in [2.05, 4.69) is 0 Å². The van der Waals surface area contributed by atoms with Crippen LogP contribution in [0.2, 0.25) is 0 Å². The molecular formula is C12H25N3O3S. The normalized spacial score (nSPS) is 19.4. The molecule has 0 spiro atoms. The van der Waals surface area contributed by atoms with Gasteiger partial charge in [0.1, 0.15) is 0 Å². The van der Waals surface area contributed by atoms with Gasteiger partial charge >= 0.3 is 0 Å². The van der Waals surface area contributed by atoms with Crippen LogP contribution in [0.25, 0.3) is 0 Å². The van der Waals surface area contributed by atoms with E-state index in [0.717, 1.165) is 6.42 Å². The number of piperazine rings is 1. The lowest BCUT2D eigenvalue weighted by atomic mass is 10.1. The number of carbonyl (C=O) groups is 1. The molecule has 0 saturated carbocycles. The van der Waals surface area contributed by atoms with Crippen molar-refractivity contribution in [3.05, 3.63) is 0 Å². The van der Waals surface area contributed by atoms with E-state index >= 15 is 0 Å². The van der Waals surface area contributed by atoms with E-state index in [1.807, 2.05) is 13.8 Å². The molecule has 7 heteroatoms. The van der Waals surface area contributed by atoms with Gasteiger partial charge in [0.2, 0.25) is 15.9 Å². The Bertz CT molecular complexity index is 389. The van der Waals surface area contributed by atoms with Crippen molar-refractivity contribution in [1.29, 1.82) is 0 Å². The van der Waals surface area contributed by atoms with Crippen molar-refractivity contribution >= 4 is 15.9 Å². The van der Waals surface area contributed by atoms with Crippen LogP contribution in [0.1, 0.15) is 33.1 Å². The molecule has 1 saturated heterocycles. The first-order chi connectivity index (χ1) is 8.92. The van der Waals surface area contributed by atoms with Crippen molar-refractivity contribution in [2.45, 2.75) is 39.2 Å². The summed E-state index contributed by atoms with van der Waals surface area (Å²) in [5, 5.41) is 0. The van der Waals surface area contributed by atoms with E-state index in [9.17, 15) is 13.2 Å². The van der Waals surface area contributed by atoms with Crippen molar-refractivity contribution in [3.8, 4) is 0 Å². The maximum absolute atomic E-state index is 12.0. The number of carbonyl (C=O) groups excluding carboxylic acids is 1. The van der Waals surface area contributed by atoms with Gasteiger partial charge in [0, 0.05) is 26.2 Å². The highest BCUT2D eigenvalue weighted by Crippen LogP contribution is 2.10. The van der Waals surface area contributed by atoms with Gasteiger partial charge in [0.15, 0.2) is 0 Å². The highest BCUT2D eigenvalue weighted by Gasteiger charge is 2.29. The van der Waals surface area contributed by atoms with Crippen molar-refractivity contribution in [2.75, 3.05) is 31.9 Å². The fourth-order valence-corrected chi connectivity index (χ4v) is 3.74. The van der Waals surface area contributed by atoms with Crippen molar-refractivity contribution in [2.24, 2.45) is 5.73 Å². The van der Waals surface area contributed by atoms with Gasteiger partial charge in [0.25, 0.3) is 0 Å². The second-order valence-electron chi connectivity index (χ2n) is 4.94. The summed E-state index contributed by atoms with van der Waals surface area (Å²) < 4.78 is 25.3. The SMILES string of the molecule is CCC[C@@H](N)C(=O)N1CCN(S(=O)(=O)CCC)CC1. The smallest absolute Gasteiger partial charge is 0.239 e. The molecule has 0 bridgehead atoms. The van der Waals surface area contributed by atoms with E-state index in [1.54, 1.807) is 4.90 Å². The molecule has 1 fully saturated rings. The van der Waals surface area contributed by atoms with Gasteiger partial charge in [-0.3, -0.25) is 4.79 Å². The van der Waals surface area contributed by atoms with Gasteiger partial charge < -0.3 is 10.6 Å². The molecule has 0 aromatic carbocycles. The molecule has 1 heterocycles. The van der Waals surface area contributed by atoms with Crippen LogP contribution in [0.3, 0.4) is 0 Å². The summed E-state index contributed by atoms with van der Waals surface area (Å²) in [6, 6.07) is -0.455. The van der Waals surface area contributed by atoms with Gasteiger partial charge in [-0.15, -0.1) is 0 Å². The van der Waals surface area contributed by atoms with Crippen LogP contribution in [0, 0.1) is 0 Å². The van der Waals surface area contributed by atoms with E-state index in [0.29, 0.717) is 39.0 Å². The Morgan fingerprint density at radius 3 is 2.21 bits per heavy atom. The first kappa shape index (κ1) is 16.4. The molecule has 1 amide bonds. The molecule has 6 nitrogen and oxygen atoms in total. The van der Waals surface area contributed by atoms with Gasteiger partial charge in [-0.05, 0) is 12.8 Å². The van der Waals surface area contributed by atoms with Crippen LogP contribution in [0.4, 0.5) is 0 Å². The van der Waals surface area contributed by atoms with Gasteiger partial charge in [0.05, 0.1) is 11.8 Å². The summed E-state index contributed by atoms with van der Waals surface area (Å²) in [6.07, 6.45) is 2.16. The van der Waals surface area contributed by atoms with E-state index in [1.165, 1.54) is 4.31 Å². The fourth-order valence-electron chi connectivity index (χ4n) is 2.24. The Hall–Kier alpha value is -0.660. The van der Waals surface area contributed by atoms with Crippen LogP contribution in [0.15, 0.2) is 0 Å². The predicted molar refractivity (Wildman–Crippen MR) is 75.1 cm³/mol. The number of nitrogens with zero attached hydrogens (tertiary/aromatic N) is 2. The topological polar surface area (TPSA) is 83.7 Å². The van der Waals surface area contributed by atoms with Gasteiger partial charge in [-0.25, -0.2) is 8.42 Å². The molecule has 1 atom stereocenters. The Morgan fingerprint density at radius 1 is 1.16 bits per heavy atom. The lowest BCUT2D eigenvalue weighted by Crippen LogP contribution is -2.54.